The minimum absolute atomic E-state index is 0.644. The Labute approximate surface area is 116 Å². The monoisotopic (exact) mass is 265 g/mol. The minimum Gasteiger partial charge on any atom is -0.397 e. The highest BCUT2D eigenvalue weighted by atomic mass is 15.0. The normalized spacial score (nSPS) is 10.7. The Morgan fingerprint density at radius 2 is 1.95 bits per heavy atom. The van der Waals surface area contributed by atoms with Crippen LogP contribution in [-0.4, -0.2) is 19.9 Å². The van der Waals surface area contributed by atoms with Crippen LogP contribution in [-0.2, 0) is 0 Å². The number of nitrogens with zero attached hydrogens (tertiary/aromatic N) is 3. The summed E-state index contributed by atoms with van der Waals surface area (Å²) in [5, 5.41) is 0. The highest BCUT2D eigenvalue weighted by Gasteiger charge is 2.08. The van der Waals surface area contributed by atoms with E-state index < -0.39 is 0 Å². The molecule has 3 rings (SSSR count). The van der Waals surface area contributed by atoms with Gasteiger partial charge in [0.15, 0.2) is 5.82 Å². The predicted molar refractivity (Wildman–Crippen MR) is 78.9 cm³/mol. The average molecular weight is 265 g/mol. The Bertz CT molecular complexity index is 741. The molecule has 100 valence electrons. The summed E-state index contributed by atoms with van der Waals surface area (Å²) in [5.41, 5.74) is 11.2. The first kappa shape index (κ1) is 12.3. The molecule has 0 aliphatic rings. The molecule has 0 bridgehead atoms. The number of aryl methyl sites for hydroxylation is 2. The number of nitrogens with one attached hydrogen (secondary N) is 1. The van der Waals surface area contributed by atoms with E-state index in [2.05, 4.69) is 19.9 Å². The van der Waals surface area contributed by atoms with Crippen molar-refractivity contribution in [3.8, 4) is 22.6 Å². The molecule has 0 aliphatic carbocycles. The number of imidazole rings is 1. The van der Waals surface area contributed by atoms with Gasteiger partial charge in [0.05, 0.1) is 11.4 Å². The van der Waals surface area contributed by atoms with E-state index in [9.17, 15) is 0 Å². The van der Waals surface area contributed by atoms with E-state index in [4.69, 9.17) is 5.73 Å². The van der Waals surface area contributed by atoms with E-state index in [0.29, 0.717) is 5.69 Å². The van der Waals surface area contributed by atoms with Gasteiger partial charge >= 0.3 is 0 Å². The molecule has 5 heteroatoms. The van der Waals surface area contributed by atoms with Gasteiger partial charge in [-0.05, 0) is 37.6 Å². The molecule has 3 N–H and O–H groups in total. The maximum Gasteiger partial charge on any atom is 0.156 e. The Balaban J connectivity index is 2.05. The van der Waals surface area contributed by atoms with Gasteiger partial charge in [-0.25, -0.2) is 4.98 Å². The quantitative estimate of drug-likeness (QED) is 0.746. The second kappa shape index (κ2) is 4.77. The molecule has 5 nitrogen and oxygen atoms in total. The zero-order valence-corrected chi connectivity index (χ0v) is 11.4. The zero-order chi connectivity index (χ0) is 14.1. The molecule has 3 heterocycles. The van der Waals surface area contributed by atoms with Crippen molar-refractivity contribution in [3.05, 3.63) is 48.2 Å². The first-order valence-corrected chi connectivity index (χ1v) is 6.34. The average Bonchev–Trinajstić information content (AvgIpc) is 2.79. The van der Waals surface area contributed by atoms with Crippen molar-refractivity contribution in [2.45, 2.75) is 13.8 Å². The molecule has 3 aromatic rings. The molecular weight excluding hydrogens is 250 g/mol. The van der Waals surface area contributed by atoms with Crippen LogP contribution in [0.15, 0.2) is 36.8 Å². The van der Waals surface area contributed by atoms with Crippen molar-refractivity contribution >= 4 is 5.69 Å². The fourth-order valence-electron chi connectivity index (χ4n) is 2.02. The Morgan fingerprint density at radius 3 is 2.65 bits per heavy atom. The van der Waals surface area contributed by atoms with Gasteiger partial charge in [-0.1, -0.05) is 0 Å². The summed E-state index contributed by atoms with van der Waals surface area (Å²) < 4.78 is 0. The molecule has 3 aromatic heterocycles. The van der Waals surface area contributed by atoms with Gasteiger partial charge in [0.2, 0.25) is 0 Å². The summed E-state index contributed by atoms with van der Waals surface area (Å²) in [6.07, 6.45) is 5.18. The summed E-state index contributed by atoms with van der Waals surface area (Å²) >= 11 is 0. The molecule has 0 fully saturated rings. The summed E-state index contributed by atoms with van der Waals surface area (Å²) in [6.45, 7) is 3.97. The number of pyridine rings is 2. The van der Waals surface area contributed by atoms with E-state index >= 15 is 0 Å². The van der Waals surface area contributed by atoms with Gasteiger partial charge in [0, 0.05) is 29.8 Å². The number of anilines is 1. The van der Waals surface area contributed by atoms with Crippen molar-refractivity contribution in [1.29, 1.82) is 0 Å². The first-order chi connectivity index (χ1) is 9.63. The molecule has 0 saturated carbocycles. The molecule has 0 saturated heterocycles. The van der Waals surface area contributed by atoms with Crippen LogP contribution in [0.4, 0.5) is 5.69 Å². The summed E-state index contributed by atoms with van der Waals surface area (Å²) in [7, 11) is 0. The number of H-pyrrole nitrogens is 1. The second-order valence-electron chi connectivity index (χ2n) is 4.73. The molecular formula is C15H15N5. The summed E-state index contributed by atoms with van der Waals surface area (Å²) in [6, 6.07) is 5.81. The smallest absolute Gasteiger partial charge is 0.156 e. The van der Waals surface area contributed by atoms with E-state index in [1.165, 1.54) is 0 Å². The maximum absolute atomic E-state index is 5.77. The largest absolute Gasteiger partial charge is 0.397 e. The van der Waals surface area contributed by atoms with Crippen LogP contribution in [0, 0.1) is 13.8 Å². The molecule has 0 radical (unpaired) electrons. The van der Waals surface area contributed by atoms with Crippen LogP contribution in [0.5, 0.6) is 0 Å². The number of hydrogen-bond acceptors (Lipinski definition) is 4. The molecule has 0 unspecified atom stereocenters. The van der Waals surface area contributed by atoms with Crippen LogP contribution in [0.1, 0.15) is 11.4 Å². The molecule has 0 spiro atoms. The van der Waals surface area contributed by atoms with Crippen molar-refractivity contribution in [3.63, 3.8) is 0 Å². The van der Waals surface area contributed by atoms with Crippen LogP contribution in [0.2, 0.25) is 0 Å². The third-order valence-electron chi connectivity index (χ3n) is 3.22. The minimum atomic E-state index is 0.644. The maximum atomic E-state index is 5.77. The lowest BCUT2D eigenvalue weighted by Gasteiger charge is -2.03. The Kier molecular flexibility index (Phi) is 2.95. The summed E-state index contributed by atoms with van der Waals surface area (Å²) in [4.78, 5) is 16.2. The van der Waals surface area contributed by atoms with Crippen molar-refractivity contribution < 1.29 is 0 Å². The Morgan fingerprint density at radius 1 is 1.10 bits per heavy atom. The van der Waals surface area contributed by atoms with Crippen LogP contribution < -0.4 is 5.73 Å². The van der Waals surface area contributed by atoms with Gasteiger partial charge in [-0.3, -0.25) is 9.97 Å². The topological polar surface area (TPSA) is 80.5 Å². The van der Waals surface area contributed by atoms with Crippen molar-refractivity contribution in [2.75, 3.05) is 5.73 Å². The van der Waals surface area contributed by atoms with Crippen molar-refractivity contribution in [1.82, 2.24) is 19.9 Å². The number of hydrogen-bond donors (Lipinski definition) is 2. The summed E-state index contributed by atoms with van der Waals surface area (Å²) in [5.74, 6) is 0.777. The number of rotatable bonds is 2. The van der Waals surface area contributed by atoms with E-state index in [0.717, 1.165) is 34.0 Å². The standard InChI is InChI=1S/C15H15N5/c1-9-10(2)20-15(19-9)14-6-11(3-4-18-14)12-5-13(16)8-17-7-12/h3-8H,16H2,1-2H3,(H,19,20). The first-order valence-electron chi connectivity index (χ1n) is 6.34. The third-order valence-corrected chi connectivity index (χ3v) is 3.22. The van der Waals surface area contributed by atoms with Gasteiger partial charge in [-0.15, -0.1) is 0 Å². The van der Waals surface area contributed by atoms with Gasteiger partial charge in [0.25, 0.3) is 0 Å². The van der Waals surface area contributed by atoms with Gasteiger partial charge in [-0.2, -0.15) is 0 Å². The van der Waals surface area contributed by atoms with Crippen LogP contribution in [0.25, 0.3) is 22.6 Å². The molecule has 0 atom stereocenters. The highest BCUT2D eigenvalue weighted by molar-refractivity contribution is 5.69. The highest BCUT2D eigenvalue weighted by Crippen LogP contribution is 2.24. The number of aromatic nitrogens is 4. The lowest BCUT2D eigenvalue weighted by Crippen LogP contribution is -1.90. The van der Waals surface area contributed by atoms with Gasteiger partial charge in [0.1, 0.15) is 5.69 Å². The molecule has 0 amide bonds. The zero-order valence-electron chi connectivity index (χ0n) is 11.4. The third kappa shape index (κ3) is 2.25. The Hall–Kier alpha value is -2.69. The number of aromatic amines is 1. The van der Waals surface area contributed by atoms with Gasteiger partial charge < -0.3 is 10.7 Å². The number of nitrogen functional groups attached to an aromatic ring is 1. The fraction of sp³-hybridized carbons (Fsp3) is 0.133. The number of nitrogens with two attached hydrogens (primary N) is 1. The second-order valence-corrected chi connectivity index (χ2v) is 4.73. The van der Waals surface area contributed by atoms with E-state index in [1.807, 2.05) is 32.0 Å². The molecule has 0 aliphatic heterocycles. The fourth-order valence-corrected chi connectivity index (χ4v) is 2.02. The molecule has 0 aromatic carbocycles. The van der Waals surface area contributed by atoms with Crippen LogP contribution >= 0.6 is 0 Å². The molecule has 20 heavy (non-hydrogen) atoms. The lowest BCUT2D eigenvalue weighted by atomic mass is 10.1. The SMILES string of the molecule is Cc1nc(-c2cc(-c3cncc(N)c3)ccn2)[nH]c1C. The van der Waals surface area contributed by atoms with Crippen LogP contribution in [0.3, 0.4) is 0 Å². The van der Waals surface area contributed by atoms with E-state index in [1.54, 1.807) is 18.6 Å². The van der Waals surface area contributed by atoms with E-state index in [-0.39, 0.29) is 0 Å². The lowest BCUT2D eigenvalue weighted by molar-refractivity contribution is 1.20. The van der Waals surface area contributed by atoms with Crippen molar-refractivity contribution in [2.24, 2.45) is 0 Å². The predicted octanol–water partition coefficient (Wildman–Crippen LogP) is 2.73.